The van der Waals surface area contributed by atoms with E-state index in [9.17, 15) is 28.6 Å². The van der Waals surface area contributed by atoms with Gasteiger partial charge in [-0.25, -0.2) is 13.8 Å². The summed E-state index contributed by atoms with van der Waals surface area (Å²) < 4.78 is 33.9. The largest absolute Gasteiger partial charge is 0.396 e. The summed E-state index contributed by atoms with van der Waals surface area (Å²) >= 11 is 1.21. The van der Waals surface area contributed by atoms with Crippen molar-refractivity contribution in [1.82, 2.24) is 10.3 Å². The SMILES string of the molecule is C[C@]1(CO)[C@H]2Cc3sc(NC(=O)c4c(F)cccc4F)nc3[C@@H](CC(=O)NCC[NH+]3CCOCC3)[C@]2(C)CC[C@H]1O. The van der Waals surface area contributed by atoms with Crippen molar-refractivity contribution in [2.24, 2.45) is 16.7 Å². The molecule has 2 aliphatic carbocycles. The standard InChI is InChI=1S/C29H38F2N4O5S/c1-28-7-6-22(37)29(2,16-36)21(28)15-20-25(17(28)14-23(38)32-8-9-35-10-12-40-13-11-35)33-27(41-20)34-26(39)24-18(30)4-3-5-19(24)31/h3-5,17,21-22,36-37H,6-16H2,1-2H3,(H,32,38)(H,33,34,39)/p+1/t17-,21+,22-,28+,29+/m1/s1. The van der Waals surface area contributed by atoms with E-state index >= 15 is 0 Å². The highest BCUT2D eigenvalue weighted by Crippen LogP contribution is 2.62. The number of nitrogens with zero attached hydrogens (tertiary/aromatic N) is 1. The molecule has 5 atom stereocenters. The molecule has 1 aromatic carbocycles. The van der Waals surface area contributed by atoms with Crippen molar-refractivity contribution < 1.29 is 38.2 Å². The number of amides is 2. The van der Waals surface area contributed by atoms with Crippen molar-refractivity contribution in [3.8, 4) is 0 Å². The van der Waals surface area contributed by atoms with E-state index in [-0.39, 0.29) is 35.9 Å². The van der Waals surface area contributed by atoms with Gasteiger partial charge in [0.2, 0.25) is 5.91 Å². The molecule has 1 aliphatic heterocycles. The lowest BCUT2D eigenvalue weighted by Crippen LogP contribution is -3.14. The quantitative estimate of drug-likeness (QED) is 0.316. The minimum Gasteiger partial charge on any atom is -0.396 e. The van der Waals surface area contributed by atoms with Crippen molar-refractivity contribution in [1.29, 1.82) is 0 Å². The molecule has 0 radical (unpaired) electrons. The number of thiazole rings is 1. The topological polar surface area (TPSA) is 125 Å². The average Bonchev–Trinajstić information content (AvgIpc) is 3.34. The van der Waals surface area contributed by atoms with E-state index in [4.69, 9.17) is 9.72 Å². The van der Waals surface area contributed by atoms with E-state index in [0.717, 1.165) is 49.9 Å². The van der Waals surface area contributed by atoms with Crippen LogP contribution in [0.5, 0.6) is 0 Å². The highest BCUT2D eigenvalue weighted by atomic mass is 32.1. The third-order valence-corrected chi connectivity index (χ3v) is 10.7. The van der Waals surface area contributed by atoms with Crippen LogP contribution in [-0.4, -0.2) is 79.1 Å². The van der Waals surface area contributed by atoms with Gasteiger partial charge >= 0.3 is 0 Å². The molecule has 1 aromatic heterocycles. The van der Waals surface area contributed by atoms with Crippen molar-refractivity contribution in [2.45, 2.75) is 51.6 Å². The van der Waals surface area contributed by atoms with Gasteiger partial charge < -0.3 is 25.2 Å². The maximum atomic E-state index is 14.3. The van der Waals surface area contributed by atoms with E-state index in [0.29, 0.717) is 31.5 Å². The van der Waals surface area contributed by atoms with Crippen LogP contribution in [0.15, 0.2) is 18.2 Å². The van der Waals surface area contributed by atoms with Crippen molar-refractivity contribution >= 4 is 28.3 Å². The molecule has 12 heteroatoms. The van der Waals surface area contributed by atoms with Gasteiger partial charge in [0.15, 0.2) is 5.13 Å². The molecule has 3 aliphatic rings. The van der Waals surface area contributed by atoms with Crippen molar-refractivity contribution in [2.75, 3.05) is 51.3 Å². The number of fused-ring (bicyclic) bond motifs is 2. The average molecular weight is 594 g/mol. The second-order valence-electron chi connectivity index (χ2n) is 12.1. The number of morpholine rings is 1. The maximum absolute atomic E-state index is 14.3. The van der Waals surface area contributed by atoms with Gasteiger partial charge in [0, 0.05) is 22.6 Å². The van der Waals surface area contributed by atoms with E-state index in [1.54, 1.807) is 0 Å². The molecule has 0 bridgehead atoms. The predicted octanol–water partition coefficient (Wildman–Crippen LogP) is 1.51. The van der Waals surface area contributed by atoms with Crippen LogP contribution >= 0.6 is 11.3 Å². The van der Waals surface area contributed by atoms with Gasteiger partial charge in [-0.05, 0) is 42.7 Å². The van der Waals surface area contributed by atoms with Crippen molar-refractivity contribution in [3.05, 3.63) is 46.0 Å². The first-order valence-corrected chi connectivity index (χ1v) is 15.1. The van der Waals surface area contributed by atoms with Crippen LogP contribution in [-0.2, 0) is 16.0 Å². The van der Waals surface area contributed by atoms with Gasteiger partial charge in [0.25, 0.3) is 5.91 Å². The Kier molecular flexibility index (Phi) is 8.77. The summed E-state index contributed by atoms with van der Waals surface area (Å²) in [5.41, 5.74) is -1.24. The van der Waals surface area contributed by atoms with Crippen LogP contribution in [0.4, 0.5) is 13.9 Å². The predicted molar refractivity (Wildman–Crippen MR) is 149 cm³/mol. The molecule has 0 spiro atoms. The number of nitrogens with one attached hydrogen (secondary N) is 3. The number of rotatable bonds is 8. The Labute approximate surface area is 242 Å². The minimum atomic E-state index is -0.969. The zero-order valence-electron chi connectivity index (χ0n) is 23.5. The molecule has 2 amide bonds. The zero-order chi connectivity index (χ0) is 29.4. The van der Waals surface area contributed by atoms with Crippen LogP contribution in [0, 0.1) is 28.4 Å². The van der Waals surface area contributed by atoms with Gasteiger partial charge in [-0.1, -0.05) is 19.9 Å². The number of aliphatic hydroxyl groups is 2. The van der Waals surface area contributed by atoms with E-state index in [1.807, 2.05) is 6.92 Å². The number of aliphatic hydroxyl groups excluding tert-OH is 2. The Balaban J connectivity index is 1.41. The number of aromatic nitrogens is 1. The molecule has 224 valence electrons. The summed E-state index contributed by atoms with van der Waals surface area (Å²) in [7, 11) is 0. The van der Waals surface area contributed by atoms with E-state index in [1.165, 1.54) is 22.3 Å². The molecular formula is C29H39F2N4O5S+. The molecule has 9 nitrogen and oxygen atoms in total. The Morgan fingerprint density at radius 3 is 2.61 bits per heavy atom. The van der Waals surface area contributed by atoms with Gasteiger partial charge in [-0.15, -0.1) is 11.3 Å². The monoisotopic (exact) mass is 593 g/mol. The highest BCUT2D eigenvalue weighted by Gasteiger charge is 2.59. The molecule has 5 N–H and O–H groups in total. The van der Waals surface area contributed by atoms with Gasteiger partial charge in [0.05, 0.1) is 44.7 Å². The number of quaternary nitrogens is 1. The maximum Gasteiger partial charge on any atom is 0.263 e. The Morgan fingerprint density at radius 2 is 1.93 bits per heavy atom. The van der Waals surface area contributed by atoms with Gasteiger partial charge in [-0.2, -0.15) is 0 Å². The molecular weight excluding hydrogens is 554 g/mol. The number of halogens is 2. The molecule has 1 saturated carbocycles. The van der Waals surface area contributed by atoms with Gasteiger partial charge in [-0.3, -0.25) is 14.9 Å². The molecule has 0 unspecified atom stereocenters. The van der Waals surface area contributed by atoms with Crippen molar-refractivity contribution in [3.63, 3.8) is 0 Å². The summed E-state index contributed by atoms with van der Waals surface area (Å²) in [6.07, 6.45) is 1.09. The number of benzene rings is 1. The summed E-state index contributed by atoms with van der Waals surface area (Å²) in [4.78, 5) is 33.0. The number of anilines is 1. The first-order chi connectivity index (χ1) is 19.6. The molecule has 2 fully saturated rings. The third kappa shape index (κ3) is 5.77. The fourth-order valence-electron chi connectivity index (χ4n) is 7.12. The lowest BCUT2D eigenvalue weighted by Gasteiger charge is -2.58. The summed E-state index contributed by atoms with van der Waals surface area (Å²) in [5.74, 6) is -3.48. The lowest BCUT2D eigenvalue weighted by atomic mass is 9.47. The van der Waals surface area contributed by atoms with Crippen LogP contribution < -0.4 is 15.5 Å². The number of hydrogen-bond acceptors (Lipinski definition) is 7. The minimum absolute atomic E-state index is 0.112. The first-order valence-electron chi connectivity index (χ1n) is 14.3. The Hall–Kier alpha value is -2.51. The lowest BCUT2D eigenvalue weighted by molar-refractivity contribution is -0.906. The number of carbonyl (C=O) groups excluding carboxylic acids is 2. The van der Waals surface area contributed by atoms with E-state index < -0.39 is 40.0 Å². The van der Waals surface area contributed by atoms with Crippen LogP contribution in [0.3, 0.4) is 0 Å². The highest BCUT2D eigenvalue weighted by molar-refractivity contribution is 7.15. The van der Waals surface area contributed by atoms with Crippen LogP contribution in [0.25, 0.3) is 0 Å². The van der Waals surface area contributed by atoms with Crippen LogP contribution in [0.2, 0.25) is 0 Å². The van der Waals surface area contributed by atoms with Crippen LogP contribution in [0.1, 0.15) is 60.0 Å². The summed E-state index contributed by atoms with van der Waals surface area (Å²) in [5, 5.41) is 27.2. The summed E-state index contributed by atoms with van der Waals surface area (Å²) in [6, 6.07) is 3.23. The fraction of sp³-hybridized carbons (Fsp3) is 0.621. The second-order valence-corrected chi connectivity index (χ2v) is 13.2. The number of ether oxygens (including phenoxy) is 1. The summed E-state index contributed by atoms with van der Waals surface area (Å²) in [6.45, 7) is 8.37. The number of carbonyl (C=O) groups is 2. The Bertz CT molecular complexity index is 1270. The molecule has 2 heterocycles. The molecule has 41 heavy (non-hydrogen) atoms. The third-order valence-electron chi connectivity index (χ3n) is 9.69. The molecule has 2 aromatic rings. The second kappa shape index (κ2) is 12.0. The first kappa shape index (κ1) is 30.0. The normalized spacial score (nSPS) is 29.9. The fourth-order valence-corrected chi connectivity index (χ4v) is 8.18. The molecule has 1 saturated heterocycles. The smallest absolute Gasteiger partial charge is 0.263 e. The molecule has 5 rings (SSSR count). The van der Waals surface area contributed by atoms with E-state index in [2.05, 4.69) is 17.6 Å². The van der Waals surface area contributed by atoms with Gasteiger partial charge in [0.1, 0.15) is 30.3 Å². The number of hydrogen-bond donors (Lipinski definition) is 5. The Morgan fingerprint density at radius 1 is 1.22 bits per heavy atom. The zero-order valence-corrected chi connectivity index (χ0v) is 24.3.